The fourth-order valence-electron chi connectivity index (χ4n) is 1.20. The van der Waals surface area contributed by atoms with Gasteiger partial charge in [-0.25, -0.2) is 0 Å². The van der Waals surface area contributed by atoms with Crippen LogP contribution >= 0.6 is 18.1 Å². The molecule has 0 fully saturated rings. The highest BCUT2D eigenvalue weighted by atomic mass is 31.2. The first-order chi connectivity index (χ1) is 8.38. The van der Waals surface area contributed by atoms with E-state index >= 15 is 0 Å². The second kappa shape index (κ2) is 6.56. The van der Waals surface area contributed by atoms with Crippen molar-refractivity contribution in [1.82, 2.24) is 0 Å². The van der Waals surface area contributed by atoms with Crippen molar-refractivity contribution in [2.24, 2.45) is 0 Å². The molecule has 0 aliphatic carbocycles. The van der Waals surface area contributed by atoms with Crippen molar-refractivity contribution in [2.45, 2.75) is 0 Å². The Bertz CT molecular complexity index is 395. The quantitative estimate of drug-likeness (QED) is 0.760. The molecule has 88 valence electrons. The molecule has 1 atom stereocenters. The van der Waals surface area contributed by atoms with Gasteiger partial charge in [0.2, 0.25) is 0 Å². The van der Waals surface area contributed by atoms with Crippen molar-refractivity contribution >= 4 is 18.1 Å². The SMILES string of the molecule is POP(Oc1ccccc1)Oc1ccccc1. The van der Waals surface area contributed by atoms with Crippen LogP contribution in [0.15, 0.2) is 60.7 Å². The monoisotopic (exact) mass is 266 g/mol. The zero-order valence-electron chi connectivity index (χ0n) is 9.02. The maximum atomic E-state index is 5.57. The molecule has 0 aliphatic heterocycles. The molecule has 0 N–H and O–H groups in total. The van der Waals surface area contributed by atoms with E-state index in [1.54, 1.807) is 0 Å². The Balaban J connectivity index is 1.98. The molecule has 2 aromatic carbocycles. The van der Waals surface area contributed by atoms with Crippen molar-refractivity contribution < 1.29 is 13.4 Å². The van der Waals surface area contributed by atoms with E-state index in [0.29, 0.717) is 0 Å². The van der Waals surface area contributed by atoms with E-state index in [1.165, 1.54) is 0 Å². The minimum Gasteiger partial charge on any atom is -0.418 e. The van der Waals surface area contributed by atoms with Crippen LogP contribution in [0.2, 0.25) is 0 Å². The summed E-state index contributed by atoms with van der Waals surface area (Å²) in [4.78, 5) is 0. The van der Waals surface area contributed by atoms with Crippen molar-refractivity contribution in [3.05, 3.63) is 60.7 Å². The Morgan fingerprint density at radius 1 is 0.706 bits per heavy atom. The standard InChI is InChI=1S/C12H12O3P2/c16-15-17(13-11-7-3-1-4-8-11)14-12-9-5-2-6-10-12/h1-10H,16H2. The molecule has 0 bridgehead atoms. The predicted octanol–water partition coefficient (Wildman–Crippen LogP) is 4.18. The Morgan fingerprint density at radius 3 is 1.47 bits per heavy atom. The van der Waals surface area contributed by atoms with Gasteiger partial charge in [0.15, 0.2) is 0 Å². The van der Waals surface area contributed by atoms with Gasteiger partial charge in [0.05, 0.1) is 0 Å². The Kier molecular flexibility index (Phi) is 4.75. The molecule has 0 spiro atoms. The molecule has 0 radical (unpaired) electrons. The molecule has 0 aliphatic rings. The van der Waals surface area contributed by atoms with E-state index in [2.05, 4.69) is 9.47 Å². The fraction of sp³-hybridized carbons (Fsp3) is 0. The fourth-order valence-corrected chi connectivity index (χ4v) is 2.17. The second-order valence-corrected chi connectivity index (χ2v) is 4.79. The first-order valence-electron chi connectivity index (χ1n) is 5.01. The zero-order chi connectivity index (χ0) is 11.9. The van der Waals surface area contributed by atoms with Gasteiger partial charge in [0, 0.05) is 9.47 Å². The summed E-state index contributed by atoms with van der Waals surface area (Å²) in [5.74, 6) is 1.44. The third-order valence-electron chi connectivity index (χ3n) is 1.93. The third kappa shape index (κ3) is 3.98. The van der Waals surface area contributed by atoms with Crippen LogP contribution in [0.3, 0.4) is 0 Å². The molecule has 0 amide bonds. The lowest BCUT2D eigenvalue weighted by molar-refractivity contribution is 0.409. The number of hydrogen-bond acceptors (Lipinski definition) is 3. The Hall–Kier alpha value is -1.14. The number of hydrogen-bond donors (Lipinski definition) is 0. The minimum atomic E-state index is -1.45. The topological polar surface area (TPSA) is 27.7 Å². The molecule has 2 rings (SSSR count). The number of para-hydroxylation sites is 2. The largest absolute Gasteiger partial charge is 0.466 e. The summed E-state index contributed by atoms with van der Waals surface area (Å²) in [5.41, 5.74) is 0. The summed E-state index contributed by atoms with van der Waals surface area (Å²) in [5, 5.41) is 0. The average molecular weight is 266 g/mol. The van der Waals surface area contributed by atoms with E-state index in [0.717, 1.165) is 11.5 Å². The highest BCUT2D eigenvalue weighted by Crippen LogP contribution is 2.42. The number of rotatable bonds is 5. The van der Waals surface area contributed by atoms with Gasteiger partial charge in [-0.3, -0.25) is 4.31 Å². The molecule has 17 heavy (non-hydrogen) atoms. The van der Waals surface area contributed by atoms with Crippen LogP contribution in [0.5, 0.6) is 11.5 Å². The van der Waals surface area contributed by atoms with Crippen LogP contribution < -0.4 is 9.05 Å². The molecule has 0 heterocycles. The molecule has 3 nitrogen and oxygen atoms in total. The number of benzene rings is 2. The second-order valence-electron chi connectivity index (χ2n) is 3.14. The first-order valence-corrected chi connectivity index (χ1v) is 6.58. The highest BCUT2D eigenvalue weighted by molar-refractivity contribution is 7.47. The molecular weight excluding hydrogens is 254 g/mol. The van der Waals surface area contributed by atoms with Gasteiger partial charge in [-0.05, 0) is 24.3 Å². The lowest BCUT2D eigenvalue weighted by Gasteiger charge is -2.15. The van der Waals surface area contributed by atoms with Gasteiger partial charge in [-0.15, -0.1) is 0 Å². The summed E-state index contributed by atoms with van der Waals surface area (Å²) < 4.78 is 16.2. The molecule has 1 unspecified atom stereocenters. The van der Waals surface area contributed by atoms with Gasteiger partial charge in [0.1, 0.15) is 11.5 Å². The van der Waals surface area contributed by atoms with Crippen molar-refractivity contribution in [2.75, 3.05) is 0 Å². The van der Waals surface area contributed by atoms with Crippen LogP contribution in [0.25, 0.3) is 0 Å². The summed E-state index contributed by atoms with van der Waals surface area (Å²) in [7, 11) is 0.716. The molecular formula is C12H12O3P2. The molecule has 0 saturated carbocycles. The van der Waals surface area contributed by atoms with Crippen molar-refractivity contribution in [1.29, 1.82) is 0 Å². The maximum absolute atomic E-state index is 5.57. The molecule has 0 aromatic heterocycles. The van der Waals surface area contributed by atoms with Gasteiger partial charge in [-0.1, -0.05) is 36.4 Å². The van der Waals surface area contributed by atoms with Crippen molar-refractivity contribution in [3.8, 4) is 11.5 Å². The molecule has 5 heteroatoms. The smallest absolute Gasteiger partial charge is 0.418 e. The minimum absolute atomic E-state index is 0.719. The lowest BCUT2D eigenvalue weighted by Crippen LogP contribution is -1.94. The zero-order valence-corrected chi connectivity index (χ0v) is 11.1. The van der Waals surface area contributed by atoms with Crippen LogP contribution in [0, 0.1) is 0 Å². The maximum Gasteiger partial charge on any atom is 0.466 e. The summed E-state index contributed by atoms with van der Waals surface area (Å²) in [6.07, 6.45) is 0. The van der Waals surface area contributed by atoms with E-state index in [-0.39, 0.29) is 0 Å². The van der Waals surface area contributed by atoms with Crippen LogP contribution in [-0.4, -0.2) is 0 Å². The van der Waals surface area contributed by atoms with Crippen LogP contribution in [0.4, 0.5) is 0 Å². The van der Waals surface area contributed by atoms with E-state index in [1.807, 2.05) is 60.7 Å². The van der Waals surface area contributed by atoms with Crippen LogP contribution in [0.1, 0.15) is 0 Å². The van der Waals surface area contributed by atoms with Gasteiger partial charge >= 0.3 is 8.60 Å². The molecule has 0 saturated heterocycles. The molecule has 2 aromatic rings. The normalized spacial score (nSPS) is 10.2. The first kappa shape index (κ1) is 12.3. The summed E-state index contributed by atoms with van der Waals surface area (Å²) in [6.45, 7) is 0. The van der Waals surface area contributed by atoms with Crippen molar-refractivity contribution in [3.63, 3.8) is 0 Å². The average Bonchev–Trinajstić information content (AvgIpc) is 2.40. The Morgan fingerprint density at radius 2 is 1.12 bits per heavy atom. The van der Waals surface area contributed by atoms with Gasteiger partial charge in [-0.2, -0.15) is 0 Å². The van der Waals surface area contributed by atoms with E-state index < -0.39 is 8.60 Å². The van der Waals surface area contributed by atoms with Crippen LogP contribution in [-0.2, 0) is 4.31 Å². The third-order valence-corrected chi connectivity index (χ3v) is 3.34. The van der Waals surface area contributed by atoms with E-state index in [9.17, 15) is 0 Å². The Labute approximate surface area is 104 Å². The highest BCUT2D eigenvalue weighted by Gasteiger charge is 2.14. The van der Waals surface area contributed by atoms with Gasteiger partial charge in [0.25, 0.3) is 0 Å². The van der Waals surface area contributed by atoms with E-state index in [4.69, 9.17) is 13.4 Å². The predicted molar refractivity (Wildman–Crippen MR) is 71.9 cm³/mol. The summed E-state index contributed by atoms with van der Waals surface area (Å²) in [6, 6.07) is 18.9. The summed E-state index contributed by atoms with van der Waals surface area (Å²) >= 11 is 0. The van der Waals surface area contributed by atoms with Gasteiger partial charge < -0.3 is 9.05 Å². The lowest BCUT2D eigenvalue weighted by atomic mass is 10.3.